The zero-order chi connectivity index (χ0) is 14.1. The Hall–Kier alpha value is -2.09. The van der Waals surface area contributed by atoms with Crippen molar-refractivity contribution in [3.8, 4) is 5.69 Å². The van der Waals surface area contributed by atoms with Gasteiger partial charge in [-0.3, -0.25) is 4.57 Å². The van der Waals surface area contributed by atoms with Crippen LogP contribution < -0.4 is 0 Å². The van der Waals surface area contributed by atoms with Crippen molar-refractivity contribution in [1.82, 2.24) is 9.55 Å². The number of benzene rings is 2. The summed E-state index contributed by atoms with van der Waals surface area (Å²) in [5.41, 5.74) is 3.57. The van der Waals surface area contributed by atoms with Crippen LogP contribution in [-0.2, 0) is 0 Å². The van der Waals surface area contributed by atoms with Gasteiger partial charge in [0.05, 0.1) is 11.0 Å². The monoisotopic (exact) mass is 276 g/mol. The second-order valence-electron chi connectivity index (χ2n) is 5.96. The van der Waals surface area contributed by atoms with Crippen LogP contribution in [0.1, 0.15) is 43.8 Å². The van der Waals surface area contributed by atoms with Gasteiger partial charge in [0.15, 0.2) is 0 Å². The van der Waals surface area contributed by atoms with E-state index >= 15 is 0 Å². The van der Waals surface area contributed by atoms with Crippen LogP contribution in [-0.4, -0.2) is 9.55 Å². The summed E-state index contributed by atoms with van der Waals surface area (Å²) in [5.74, 6) is 1.86. The lowest BCUT2D eigenvalue weighted by Crippen LogP contribution is -2.11. The van der Waals surface area contributed by atoms with Crippen molar-refractivity contribution >= 4 is 11.0 Å². The molecule has 21 heavy (non-hydrogen) atoms. The molecule has 4 rings (SSSR count). The summed E-state index contributed by atoms with van der Waals surface area (Å²) >= 11 is 0. The molecule has 0 atom stereocenters. The number of hydrogen-bond acceptors (Lipinski definition) is 1. The highest BCUT2D eigenvalue weighted by atomic mass is 15.1. The van der Waals surface area contributed by atoms with Gasteiger partial charge in [0.25, 0.3) is 0 Å². The molecule has 0 radical (unpaired) electrons. The number of imidazole rings is 1. The molecule has 1 heterocycles. The zero-order valence-corrected chi connectivity index (χ0v) is 12.2. The molecule has 0 unspecified atom stereocenters. The molecule has 3 aromatic rings. The first-order valence-electron chi connectivity index (χ1n) is 7.96. The summed E-state index contributed by atoms with van der Waals surface area (Å²) in [4.78, 5) is 4.98. The second kappa shape index (κ2) is 5.36. The average Bonchev–Trinajstić information content (AvgIpc) is 2.96. The third kappa shape index (κ3) is 2.25. The van der Waals surface area contributed by atoms with E-state index in [1.807, 2.05) is 0 Å². The Kier molecular flexibility index (Phi) is 3.23. The standard InChI is InChI=1S/C19H20N2/c1-3-9-15(10-4-1)19-20-17-13-7-8-14-18(17)21(19)16-11-5-2-6-12-16/h2,5-8,11-15H,1,3-4,9-10H2. The zero-order valence-electron chi connectivity index (χ0n) is 12.2. The molecule has 0 bridgehead atoms. The molecule has 1 aliphatic carbocycles. The number of rotatable bonds is 2. The molecule has 0 aliphatic heterocycles. The SMILES string of the molecule is c1ccc(-n2c(C3CCCCC3)nc3ccccc32)cc1. The number of hydrogen-bond donors (Lipinski definition) is 0. The van der Waals surface area contributed by atoms with Gasteiger partial charge in [-0.1, -0.05) is 49.6 Å². The van der Waals surface area contributed by atoms with Gasteiger partial charge in [-0.2, -0.15) is 0 Å². The first kappa shape index (κ1) is 12.6. The molecule has 2 aromatic carbocycles. The minimum absolute atomic E-state index is 0.603. The Morgan fingerprint density at radius 1 is 0.810 bits per heavy atom. The maximum absolute atomic E-state index is 4.98. The molecule has 1 fully saturated rings. The van der Waals surface area contributed by atoms with Crippen molar-refractivity contribution in [1.29, 1.82) is 0 Å². The van der Waals surface area contributed by atoms with Gasteiger partial charge in [-0.15, -0.1) is 0 Å². The summed E-state index contributed by atoms with van der Waals surface area (Å²) in [6, 6.07) is 19.1. The molecule has 2 heteroatoms. The summed E-state index contributed by atoms with van der Waals surface area (Å²) < 4.78 is 2.37. The van der Waals surface area contributed by atoms with Gasteiger partial charge in [-0.05, 0) is 37.1 Å². The number of fused-ring (bicyclic) bond motifs is 1. The quantitative estimate of drug-likeness (QED) is 0.638. The average molecular weight is 276 g/mol. The topological polar surface area (TPSA) is 17.8 Å². The molecule has 2 nitrogen and oxygen atoms in total. The summed E-state index contributed by atoms with van der Waals surface area (Å²) in [6.07, 6.45) is 6.60. The fraction of sp³-hybridized carbons (Fsp3) is 0.316. The predicted molar refractivity (Wildman–Crippen MR) is 86.9 cm³/mol. The third-order valence-corrected chi connectivity index (χ3v) is 4.57. The number of nitrogens with zero attached hydrogens (tertiary/aromatic N) is 2. The highest BCUT2D eigenvalue weighted by Gasteiger charge is 2.22. The summed E-state index contributed by atoms with van der Waals surface area (Å²) in [5, 5.41) is 0. The molecule has 0 spiro atoms. The maximum atomic E-state index is 4.98. The van der Waals surface area contributed by atoms with Crippen molar-refractivity contribution < 1.29 is 0 Å². The summed E-state index contributed by atoms with van der Waals surface area (Å²) in [6.45, 7) is 0. The lowest BCUT2D eigenvalue weighted by molar-refractivity contribution is 0.426. The van der Waals surface area contributed by atoms with E-state index in [1.165, 1.54) is 49.1 Å². The van der Waals surface area contributed by atoms with Crippen molar-refractivity contribution in [2.45, 2.75) is 38.0 Å². The Labute approximate surface area is 125 Å². The van der Waals surface area contributed by atoms with Crippen LogP contribution in [0.4, 0.5) is 0 Å². The smallest absolute Gasteiger partial charge is 0.117 e. The van der Waals surface area contributed by atoms with E-state index in [0.717, 1.165) is 5.52 Å². The maximum Gasteiger partial charge on any atom is 0.117 e. The number of para-hydroxylation sites is 3. The van der Waals surface area contributed by atoms with Crippen molar-refractivity contribution in [2.75, 3.05) is 0 Å². The van der Waals surface area contributed by atoms with Crippen molar-refractivity contribution in [3.63, 3.8) is 0 Å². The van der Waals surface area contributed by atoms with E-state index < -0.39 is 0 Å². The van der Waals surface area contributed by atoms with E-state index in [2.05, 4.69) is 59.2 Å². The first-order chi connectivity index (χ1) is 10.4. The molecule has 0 saturated heterocycles. The van der Waals surface area contributed by atoms with E-state index in [4.69, 9.17) is 4.98 Å². The molecular weight excluding hydrogens is 256 g/mol. The molecule has 0 N–H and O–H groups in total. The lowest BCUT2D eigenvalue weighted by Gasteiger charge is -2.22. The van der Waals surface area contributed by atoms with Crippen LogP contribution >= 0.6 is 0 Å². The predicted octanol–water partition coefficient (Wildman–Crippen LogP) is 5.07. The molecule has 1 aliphatic rings. The first-order valence-corrected chi connectivity index (χ1v) is 7.96. The van der Waals surface area contributed by atoms with Crippen LogP contribution in [0.2, 0.25) is 0 Å². The fourth-order valence-electron chi connectivity index (χ4n) is 3.53. The van der Waals surface area contributed by atoms with Crippen LogP contribution in [0.25, 0.3) is 16.7 Å². The lowest BCUT2D eigenvalue weighted by atomic mass is 9.88. The fourth-order valence-corrected chi connectivity index (χ4v) is 3.53. The minimum atomic E-state index is 0.603. The van der Waals surface area contributed by atoms with Gasteiger partial charge in [-0.25, -0.2) is 4.98 Å². The molecule has 1 saturated carbocycles. The van der Waals surface area contributed by atoms with Gasteiger partial charge in [0.2, 0.25) is 0 Å². The normalized spacial score (nSPS) is 16.4. The third-order valence-electron chi connectivity index (χ3n) is 4.57. The summed E-state index contributed by atoms with van der Waals surface area (Å²) in [7, 11) is 0. The second-order valence-corrected chi connectivity index (χ2v) is 5.96. The highest BCUT2D eigenvalue weighted by molar-refractivity contribution is 5.78. The van der Waals surface area contributed by atoms with Crippen LogP contribution in [0.15, 0.2) is 54.6 Å². The van der Waals surface area contributed by atoms with E-state index in [-0.39, 0.29) is 0 Å². The Morgan fingerprint density at radius 3 is 2.33 bits per heavy atom. The van der Waals surface area contributed by atoms with Crippen molar-refractivity contribution in [2.24, 2.45) is 0 Å². The largest absolute Gasteiger partial charge is 0.296 e. The van der Waals surface area contributed by atoms with Crippen LogP contribution in [0.3, 0.4) is 0 Å². The van der Waals surface area contributed by atoms with Crippen LogP contribution in [0, 0.1) is 0 Å². The van der Waals surface area contributed by atoms with E-state index in [1.54, 1.807) is 0 Å². The Balaban J connectivity index is 1.92. The highest BCUT2D eigenvalue weighted by Crippen LogP contribution is 2.35. The van der Waals surface area contributed by atoms with Crippen molar-refractivity contribution in [3.05, 3.63) is 60.4 Å². The Morgan fingerprint density at radius 2 is 1.52 bits per heavy atom. The van der Waals surface area contributed by atoms with Gasteiger partial charge in [0.1, 0.15) is 5.82 Å². The molecule has 1 aromatic heterocycles. The van der Waals surface area contributed by atoms with E-state index in [0.29, 0.717) is 5.92 Å². The van der Waals surface area contributed by atoms with Gasteiger partial charge in [0, 0.05) is 11.6 Å². The van der Waals surface area contributed by atoms with Gasteiger partial charge < -0.3 is 0 Å². The van der Waals surface area contributed by atoms with E-state index in [9.17, 15) is 0 Å². The molecular formula is C19H20N2. The minimum Gasteiger partial charge on any atom is -0.296 e. The van der Waals surface area contributed by atoms with Gasteiger partial charge >= 0.3 is 0 Å². The number of aromatic nitrogens is 2. The molecule has 106 valence electrons. The van der Waals surface area contributed by atoms with Crippen LogP contribution in [0.5, 0.6) is 0 Å². The molecule has 0 amide bonds. The Bertz CT molecular complexity index is 737.